The van der Waals surface area contributed by atoms with Crippen molar-refractivity contribution in [2.24, 2.45) is 5.10 Å². The molecule has 1 amide bonds. The quantitative estimate of drug-likeness (QED) is 0.596. The van der Waals surface area contributed by atoms with Crippen molar-refractivity contribution in [2.45, 2.75) is 20.3 Å². The summed E-state index contributed by atoms with van der Waals surface area (Å²) in [6.07, 6.45) is 0.946. The molecule has 1 aromatic carbocycles. The summed E-state index contributed by atoms with van der Waals surface area (Å²) in [7, 11) is 0. The number of hydrogen-bond acceptors (Lipinski definition) is 5. The average Bonchev–Trinajstić information content (AvgIpc) is 3.08. The molecule has 1 aromatic heterocycles. The minimum Gasteiger partial charge on any atom is -0.484 e. The molecule has 0 bridgehead atoms. The van der Waals surface area contributed by atoms with E-state index in [1.54, 1.807) is 13.0 Å². The van der Waals surface area contributed by atoms with Crippen LogP contribution < -0.4 is 10.2 Å². The van der Waals surface area contributed by atoms with Crippen molar-refractivity contribution in [1.82, 2.24) is 5.43 Å². The Kier molecular flexibility index (Phi) is 6.08. The first kappa shape index (κ1) is 17.7. The fourth-order valence-corrected chi connectivity index (χ4v) is 2.64. The van der Waals surface area contributed by atoms with Gasteiger partial charge in [-0.2, -0.15) is 5.10 Å². The number of benzene rings is 1. The van der Waals surface area contributed by atoms with Gasteiger partial charge in [-0.3, -0.25) is 4.79 Å². The number of thiophene rings is 1. The summed E-state index contributed by atoms with van der Waals surface area (Å²) in [5.41, 5.74) is 4.13. The number of ether oxygens (including phenoxy) is 1. The summed E-state index contributed by atoms with van der Waals surface area (Å²) < 4.78 is 5.38. The zero-order chi connectivity index (χ0) is 17.5. The van der Waals surface area contributed by atoms with Crippen LogP contribution in [0.25, 0.3) is 0 Å². The third kappa shape index (κ3) is 4.92. The molecule has 0 radical (unpaired) electrons. The van der Waals surface area contributed by atoms with Crippen molar-refractivity contribution in [3.8, 4) is 5.75 Å². The second-order valence-electron chi connectivity index (χ2n) is 4.99. The molecule has 0 atom stereocenters. The molecule has 24 heavy (non-hydrogen) atoms. The molecule has 0 saturated carbocycles. The lowest BCUT2D eigenvalue weighted by molar-refractivity contribution is -0.123. The van der Waals surface area contributed by atoms with Gasteiger partial charge in [0.15, 0.2) is 6.61 Å². The SMILES string of the molecule is CCc1ccc(OCC(=O)N/N=C(/C)c2ccc(C(=O)O)s2)cc1. The van der Waals surface area contributed by atoms with Crippen molar-refractivity contribution in [3.63, 3.8) is 0 Å². The largest absolute Gasteiger partial charge is 0.484 e. The van der Waals surface area contributed by atoms with Gasteiger partial charge in [-0.05, 0) is 43.2 Å². The monoisotopic (exact) mass is 346 g/mol. The first-order valence-corrected chi connectivity index (χ1v) is 8.19. The predicted molar refractivity (Wildman–Crippen MR) is 92.9 cm³/mol. The lowest BCUT2D eigenvalue weighted by Gasteiger charge is -2.06. The van der Waals surface area contributed by atoms with Crippen LogP contribution in [0.3, 0.4) is 0 Å². The van der Waals surface area contributed by atoms with Gasteiger partial charge < -0.3 is 9.84 Å². The van der Waals surface area contributed by atoms with Gasteiger partial charge in [-0.1, -0.05) is 19.1 Å². The number of aromatic carboxylic acids is 1. The van der Waals surface area contributed by atoms with Crippen LogP contribution in [0.15, 0.2) is 41.5 Å². The van der Waals surface area contributed by atoms with Gasteiger partial charge in [0.2, 0.25) is 0 Å². The summed E-state index contributed by atoms with van der Waals surface area (Å²) in [6, 6.07) is 10.7. The minimum absolute atomic E-state index is 0.146. The molecule has 2 rings (SSSR count). The first-order valence-electron chi connectivity index (χ1n) is 7.38. The number of rotatable bonds is 7. The highest BCUT2D eigenvalue weighted by Crippen LogP contribution is 2.17. The molecular weight excluding hydrogens is 328 g/mol. The molecule has 0 spiro atoms. The van der Waals surface area contributed by atoms with Gasteiger partial charge in [0.1, 0.15) is 10.6 Å². The van der Waals surface area contributed by atoms with Crippen LogP contribution in [0.1, 0.15) is 34.0 Å². The number of nitrogens with zero attached hydrogens (tertiary/aromatic N) is 1. The highest BCUT2D eigenvalue weighted by molar-refractivity contribution is 7.15. The Balaban J connectivity index is 1.85. The van der Waals surface area contributed by atoms with Crippen LogP contribution in [-0.2, 0) is 11.2 Å². The molecule has 0 aliphatic heterocycles. The molecule has 7 heteroatoms. The maximum absolute atomic E-state index is 11.8. The standard InChI is InChI=1S/C17H18N2O4S/c1-3-12-4-6-13(7-5-12)23-10-16(20)19-18-11(2)14-8-9-15(24-14)17(21)22/h4-9H,3,10H2,1-2H3,(H,19,20)(H,21,22)/b18-11-. The molecule has 2 N–H and O–H groups in total. The van der Waals surface area contributed by atoms with E-state index in [9.17, 15) is 9.59 Å². The molecule has 6 nitrogen and oxygen atoms in total. The fraction of sp³-hybridized carbons (Fsp3) is 0.235. The third-order valence-corrected chi connectivity index (χ3v) is 4.41. The summed E-state index contributed by atoms with van der Waals surface area (Å²) in [5, 5.41) is 12.9. The van der Waals surface area contributed by atoms with Crippen molar-refractivity contribution < 1.29 is 19.4 Å². The van der Waals surface area contributed by atoms with Gasteiger partial charge >= 0.3 is 5.97 Å². The zero-order valence-corrected chi connectivity index (χ0v) is 14.2. The number of carboxylic acids is 1. The van der Waals surface area contributed by atoms with E-state index in [4.69, 9.17) is 9.84 Å². The number of hydrazone groups is 1. The summed E-state index contributed by atoms with van der Waals surface area (Å²) in [5.74, 6) is -0.748. The number of aryl methyl sites for hydroxylation is 1. The molecule has 126 valence electrons. The van der Waals surface area contributed by atoms with Gasteiger partial charge in [-0.25, -0.2) is 10.2 Å². The van der Waals surface area contributed by atoms with Crippen molar-refractivity contribution in [2.75, 3.05) is 6.61 Å². The molecule has 2 aromatic rings. The Morgan fingerprint density at radius 3 is 2.42 bits per heavy atom. The molecule has 0 fully saturated rings. The van der Waals surface area contributed by atoms with Gasteiger partial charge in [-0.15, -0.1) is 11.3 Å². The van der Waals surface area contributed by atoms with E-state index >= 15 is 0 Å². The van der Waals surface area contributed by atoms with Gasteiger partial charge in [0.25, 0.3) is 5.91 Å². The van der Waals surface area contributed by atoms with Crippen LogP contribution in [-0.4, -0.2) is 29.3 Å². The number of hydrogen-bond donors (Lipinski definition) is 2. The van der Waals surface area contributed by atoms with E-state index < -0.39 is 5.97 Å². The number of carbonyl (C=O) groups excluding carboxylic acids is 1. The van der Waals surface area contributed by atoms with E-state index in [2.05, 4.69) is 17.5 Å². The van der Waals surface area contributed by atoms with E-state index in [0.717, 1.165) is 17.8 Å². The highest BCUT2D eigenvalue weighted by Gasteiger charge is 2.09. The Morgan fingerprint density at radius 2 is 1.83 bits per heavy atom. The summed E-state index contributed by atoms with van der Waals surface area (Å²) in [6.45, 7) is 3.62. The van der Waals surface area contributed by atoms with Crippen LogP contribution in [0.4, 0.5) is 0 Å². The Morgan fingerprint density at radius 1 is 1.17 bits per heavy atom. The topological polar surface area (TPSA) is 88.0 Å². The van der Waals surface area contributed by atoms with Crippen LogP contribution >= 0.6 is 11.3 Å². The first-order chi connectivity index (χ1) is 11.5. The summed E-state index contributed by atoms with van der Waals surface area (Å²) >= 11 is 1.10. The van der Waals surface area contributed by atoms with E-state index in [1.807, 2.05) is 24.3 Å². The normalized spacial score (nSPS) is 11.2. The highest BCUT2D eigenvalue weighted by atomic mass is 32.1. The van der Waals surface area contributed by atoms with Gasteiger partial charge in [0, 0.05) is 0 Å². The maximum atomic E-state index is 11.8. The number of carboxylic acid groups (broad SMARTS) is 1. The van der Waals surface area contributed by atoms with Crippen LogP contribution in [0, 0.1) is 0 Å². The third-order valence-electron chi connectivity index (χ3n) is 3.22. The van der Waals surface area contributed by atoms with Crippen molar-refractivity contribution in [1.29, 1.82) is 0 Å². The lowest BCUT2D eigenvalue weighted by Crippen LogP contribution is -2.25. The van der Waals surface area contributed by atoms with E-state index in [0.29, 0.717) is 16.3 Å². The molecular formula is C17H18N2O4S. The second-order valence-corrected chi connectivity index (χ2v) is 6.07. The number of amides is 1. The van der Waals surface area contributed by atoms with Crippen molar-refractivity contribution in [3.05, 3.63) is 51.7 Å². The van der Waals surface area contributed by atoms with Crippen molar-refractivity contribution >= 4 is 28.9 Å². The van der Waals surface area contributed by atoms with Crippen LogP contribution in [0.2, 0.25) is 0 Å². The minimum atomic E-state index is -0.981. The second kappa shape index (κ2) is 8.26. The predicted octanol–water partition coefficient (Wildman–Crippen LogP) is 2.93. The van der Waals surface area contributed by atoms with Crippen LogP contribution in [0.5, 0.6) is 5.75 Å². The zero-order valence-electron chi connectivity index (χ0n) is 13.4. The molecule has 1 heterocycles. The molecule has 0 aliphatic rings. The number of carbonyl (C=O) groups is 2. The fourth-order valence-electron chi connectivity index (χ4n) is 1.85. The maximum Gasteiger partial charge on any atom is 0.345 e. The molecule has 0 aliphatic carbocycles. The smallest absolute Gasteiger partial charge is 0.345 e. The molecule has 0 saturated heterocycles. The van der Waals surface area contributed by atoms with E-state index in [1.165, 1.54) is 11.6 Å². The van der Waals surface area contributed by atoms with Gasteiger partial charge in [0.05, 0.1) is 10.6 Å². The Hall–Kier alpha value is -2.67. The lowest BCUT2D eigenvalue weighted by atomic mass is 10.2. The Labute approximate surface area is 143 Å². The van der Waals surface area contributed by atoms with E-state index in [-0.39, 0.29) is 17.4 Å². The summed E-state index contributed by atoms with van der Waals surface area (Å²) in [4.78, 5) is 23.5. The molecule has 0 unspecified atom stereocenters. The average molecular weight is 346 g/mol. The Bertz CT molecular complexity index is 750. The number of nitrogens with one attached hydrogen (secondary N) is 1.